The lowest BCUT2D eigenvalue weighted by atomic mass is 9.90. The summed E-state index contributed by atoms with van der Waals surface area (Å²) in [5.41, 5.74) is 3.01. The highest BCUT2D eigenvalue weighted by atomic mass is 16.7. The minimum Gasteiger partial charge on any atom is -0.492 e. The minimum absolute atomic E-state index is 0.0248. The zero-order valence-corrected chi connectivity index (χ0v) is 11.7. The minimum atomic E-state index is -0.285. The molecular formula is C15H18N2O4. The Morgan fingerprint density at radius 1 is 1.29 bits per heavy atom. The summed E-state index contributed by atoms with van der Waals surface area (Å²) >= 11 is 0. The summed E-state index contributed by atoms with van der Waals surface area (Å²) in [6, 6.07) is 6.19. The number of hydrogen-bond donors (Lipinski definition) is 1. The third kappa shape index (κ3) is 2.15. The molecule has 1 N–H and O–H groups in total. The van der Waals surface area contributed by atoms with Crippen LogP contribution in [0.3, 0.4) is 0 Å². The first-order valence-corrected chi connectivity index (χ1v) is 7.31. The quantitative estimate of drug-likeness (QED) is 0.865. The molecule has 0 spiro atoms. The number of oxime groups is 1. The molecule has 0 saturated carbocycles. The van der Waals surface area contributed by atoms with E-state index in [1.807, 2.05) is 6.07 Å². The van der Waals surface area contributed by atoms with Gasteiger partial charge in [0.25, 0.3) is 0 Å². The molecule has 3 heterocycles. The van der Waals surface area contributed by atoms with Crippen LogP contribution in [-0.4, -0.2) is 56.4 Å². The zero-order valence-electron chi connectivity index (χ0n) is 11.7. The van der Waals surface area contributed by atoms with E-state index < -0.39 is 0 Å². The summed E-state index contributed by atoms with van der Waals surface area (Å²) in [7, 11) is 0. The number of anilines is 1. The fraction of sp³-hybridized carbons (Fsp3) is 0.533. The highest BCUT2D eigenvalue weighted by molar-refractivity contribution is 6.06. The molecule has 3 aliphatic rings. The second-order valence-corrected chi connectivity index (χ2v) is 5.50. The van der Waals surface area contributed by atoms with Crippen LogP contribution in [0.15, 0.2) is 23.4 Å². The van der Waals surface area contributed by atoms with Crippen LogP contribution in [0, 0.1) is 5.92 Å². The van der Waals surface area contributed by atoms with Gasteiger partial charge in [0, 0.05) is 30.4 Å². The molecule has 21 heavy (non-hydrogen) atoms. The van der Waals surface area contributed by atoms with Crippen LogP contribution in [0.25, 0.3) is 0 Å². The summed E-state index contributed by atoms with van der Waals surface area (Å²) in [6.07, 6.45) is -0.285. The molecule has 4 rings (SSSR count). The lowest BCUT2D eigenvalue weighted by Gasteiger charge is -2.30. The SMILES string of the molecule is OCC1ON=C2c3ccc(N4CCOCC4)cc3OCC21. The van der Waals surface area contributed by atoms with Gasteiger partial charge in [0.1, 0.15) is 18.1 Å². The van der Waals surface area contributed by atoms with Gasteiger partial charge in [0.05, 0.1) is 25.7 Å². The molecule has 1 fully saturated rings. The number of fused-ring (bicyclic) bond motifs is 3. The normalized spacial score (nSPS) is 27.3. The average molecular weight is 290 g/mol. The van der Waals surface area contributed by atoms with E-state index >= 15 is 0 Å². The molecule has 112 valence electrons. The number of benzene rings is 1. The molecule has 3 aliphatic heterocycles. The first-order chi connectivity index (χ1) is 10.4. The average Bonchev–Trinajstić information content (AvgIpc) is 2.98. The van der Waals surface area contributed by atoms with Crippen molar-refractivity contribution in [2.45, 2.75) is 6.10 Å². The summed E-state index contributed by atoms with van der Waals surface area (Å²) in [5, 5.41) is 13.4. The van der Waals surface area contributed by atoms with Crippen molar-refractivity contribution in [3.05, 3.63) is 23.8 Å². The fourth-order valence-corrected chi connectivity index (χ4v) is 3.08. The van der Waals surface area contributed by atoms with Crippen molar-refractivity contribution in [2.75, 3.05) is 44.4 Å². The second-order valence-electron chi connectivity index (χ2n) is 5.50. The zero-order chi connectivity index (χ0) is 14.2. The molecule has 0 radical (unpaired) electrons. The standard InChI is InChI=1S/C15H18N2O4/c18-8-14-12-9-20-13-7-10(17-3-5-19-6-4-17)1-2-11(13)15(12)16-21-14/h1-2,7,12,14,18H,3-6,8-9H2. The Labute approximate surface area is 122 Å². The lowest BCUT2D eigenvalue weighted by Crippen LogP contribution is -2.37. The molecule has 0 amide bonds. The van der Waals surface area contributed by atoms with Crippen molar-refractivity contribution in [1.29, 1.82) is 0 Å². The fourth-order valence-electron chi connectivity index (χ4n) is 3.08. The van der Waals surface area contributed by atoms with E-state index in [1.54, 1.807) is 0 Å². The highest BCUT2D eigenvalue weighted by Gasteiger charge is 2.39. The Balaban J connectivity index is 1.62. The molecular weight excluding hydrogens is 272 g/mol. The van der Waals surface area contributed by atoms with Crippen LogP contribution in [-0.2, 0) is 9.57 Å². The first-order valence-electron chi connectivity index (χ1n) is 7.31. The van der Waals surface area contributed by atoms with E-state index in [2.05, 4.69) is 22.2 Å². The molecule has 2 atom stereocenters. The summed E-state index contributed by atoms with van der Waals surface area (Å²) < 4.78 is 11.3. The van der Waals surface area contributed by atoms with Crippen LogP contribution < -0.4 is 9.64 Å². The van der Waals surface area contributed by atoms with Crippen LogP contribution in [0.4, 0.5) is 5.69 Å². The van der Waals surface area contributed by atoms with Crippen molar-refractivity contribution in [2.24, 2.45) is 11.1 Å². The van der Waals surface area contributed by atoms with E-state index in [0.717, 1.165) is 49.0 Å². The molecule has 6 nitrogen and oxygen atoms in total. The van der Waals surface area contributed by atoms with Crippen molar-refractivity contribution < 1.29 is 19.4 Å². The Morgan fingerprint density at radius 3 is 2.95 bits per heavy atom. The van der Waals surface area contributed by atoms with Crippen molar-refractivity contribution in [3.63, 3.8) is 0 Å². The Kier molecular flexibility index (Phi) is 3.20. The van der Waals surface area contributed by atoms with Gasteiger partial charge in [-0.2, -0.15) is 0 Å². The largest absolute Gasteiger partial charge is 0.492 e. The Hall–Kier alpha value is -1.79. The van der Waals surface area contributed by atoms with Crippen LogP contribution in [0.5, 0.6) is 5.75 Å². The van der Waals surface area contributed by atoms with E-state index in [1.165, 1.54) is 0 Å². The maximum atomic E-state index is 9.29. The third-order valence-electron chi connectivity index (χ3n) is 4.30. The van der Waals surface area contributed by atoms with Gasteiger partial charge in [0.15, 0.2) is 6.10 Å². The number of ether oxygens (including phenoxy) is 2. The number of hydrogen-bond acceptors (Lipinski definition) is 6. The predicted molar refractivity (Wildman–Crippen MR) is 77.0 cm³/mol. The molecule has 1 saturated heterocycles. The van der Waals surface area contributed by atoms with Gasteiger partial charge in [-0.25, -0.2) is 0 Å². The second kappa shape index (κ2) is 5.20. The van der Waals surface area contributed by atoms with E-state index in [0.29, 0.717) is 6.61 Å². The van der Waals surface area contributed by atoms with Crippen molar-refractivity contribution >= 4 is 11.4 Å². The smallest absolute Gasteiger partial charge is 0.162 e. The number of rotatable bonds is 2. The molecule has 2 unspecified atom stereocenters. The van der Waals surface area contributed by atoms with Crippen molar-refractivity contribution in [3.8, 4) is 5.75 Å². The Morgan fingerprint density at radius 2 is 2.14 bits per heavy atom. The molecule has 0 bridgehead atoms. The highest BCUT2D eigenvalue weighted by Crippen LogP contribution is 2.36. The molecule has 1 aromatic carbocycles. The Bertz CT molecular complexity index is 569. The number of aliphatic hydroxyl groups is 1. The molecule has 6 heteroatoms. The third-order valence-corrected chi connectivity index (χ3v) is 4.30. The molecule has 0 aliphatic carbocycles. The van der Waals surface area contributed by atoms with Gasteiger partial charge in [-0.1, -0.05) is 5.16 Å². The predicted octanol–water partition coefficient (Wildman–Crippen LogP) is 0.627. The van der Waals surface area contributed by atoms with E-state index in [9.17, 15) is 5.11 Å². The van der Waals surface area contributed by atoms with Gasteiger partial charge in [-0.3, -0.25) is 0 Å². The summed E-state index contributed by atoms with van der Waals surface area (Å²) in [4.78, 5) is 7.58. The topological polar surface area (TPSA) is 63.5 Å². The van der Waals surface area contributed by atoms with Gasteiger partial charge in [0.2, 0.25) is 0 Å². The molecule has 1 aromatic rings. The van der Waals surface area contributed by atoms with Gasteiger partial charge in [-0.15, -0.1) is 0 Å². The van der Waals surface area contributed by atoms with Crippen LogP contribution in [0.1, 0.15) is 5.56 Å². The number of morpholine rings is 1. The van der Waals surface area contributed by atoms with E-state index in [-0.39, 0.29) is 18.6 Å². The molecule has 0 aromatic heterocycles. The summed E-state index contributed by atoms with van der Waals surface area (Å²) in [5.74, 6) is 0.868. The number of aliphatic hydroxyl groups excluding tert-OH is 1. The van der Waals surface area contributed by atoms with Crippen molar-refractivity contribution in [1.82, 2.24) is 0 Å². The maximum Gasteiger partial charge on any atom is 0.162 e. The van der Waals surface area contributed by atoms with Gasteiger partial charge >= 0.3 is 0 Å². The lowest BCUT2D eigenvalue weighted by molar-refractivity contribution is 0.00847. The van der Waals surface area contributed by atoms with Gasteiger partial charge < -0.3 is 24.3 Å². The van der Waals surface area contributed by atoms with Crippen LogP contribution in [0.2, 0.25) is 0 Å². The first kappa shape index (κ1) is 12.9. The monoisotopic (exact) mass is 290 g/mol. The van der Waals surface area contributed by atoms with E-state index in [4.69, 9.17) is 14.3 Å². The summed E-state index contributed by atoms with van der Waals surface area (Å²) in [6.45, 7) is 3.79. The van der Waals surface area contributed by atoms with Gasteiger partial charge in [-0.05, 0) is 12.1 Å². The number of nitrogens with zero attached hydrogens (tertiary/aromatic N) is 2. The maximum absolute atomic E-state index is 9.29. The van der Waals surface area contributed by atoms with Crippen LogP contribution >= 0.6 is 0 Å².